The summed E-state index contributed by atoms with van der Waals surface area (Å²) < 4.78 is 1.97. The molecule has 2 aromatic rings. The molecule has 1 heterocycles. The van der Waals surface area contributed by atoms with E-state index in [4.69, 9.17) is 10.2 Å². The van der Waals surface area contributed by atoms with Crippen molar-refractivity contribution in [2.24, 2.45) is 5.41 Å². The van der Waals surface area contributed by atoms with Crippen LogP contribution in [0.1, 0.15) is 56.1 Å². The van der Waals surface area contributed by atoms with Gasteiger partial charge in [0.05, 0.1) is 29.5 Å². The van der Waals surface area contributed by atoms with Crippen molar-refractivity contribution in [3.8, 4) is 5.69 Å². The fourth-order valence-corrected chi connectivity index (χ4v) is 3.78. The van der Waals surface area contributed by atoms with Crippen molar-refractivity contribution in [2.45, 2.75) is 52.5 Å². The molecule has 1 aliphatic carbocycles. The van der Waals surface area contributed by atoms with E-state index in [-0.39, 0.29) is 30.2 Å². The predicted octanol–water partition coefficient (Wildman–Crippen LogP) is 3.18. The predicted molar refractivity (Wildman–Crippen MR) is 98.2 cm³/mol. The number of carboxylic acids is 1. The van der Waals surface area contributed by atoms with Gasteiger partial charge in [-0.15, -0.1) is 0 Å². The Labute approximate surface area is 153 Å². The van der Waals surface area contributed by atoms with Crippen molar-refractivity contribution in [3.05, 3.63) is 47.3 Å². The minimum Gasteiger partial charge on any atom is -0.481 e. The zero-order chi connectivity index (χ0) is 18.9. The molecule has 1 aliphatic rings. The summed E-state index contributed by atoms with van der Waals surface area (Å²) in [6.45, 7) is 6.33. The van der Waals surface area contributed by atoms with Crippen LogP contribution in [0.3, 0.4) is 0 Å². The van der Waals surface area contributed by atoms with Gasteiger partial charge in [-0.3, -0.25) is 9.59 Å². The smallest absolute Gasteiger partial charge is 0.303 e. The van der Waals surface area contributed by atoms with Gasteiger partial charge in [0.1, 0.15) is 0 Å². The molecule has 1 atom stereocenters. The molecule has 6 heteroatoms. The monoisotopic (exact) mass is 355 g/mol. The number of nitrogens with one attached hydrogen (secondary N) is 1. The van der Waals surface area contributed by atoms with E-state index in [1.165, 1.54) is 0 Å². The lowest BCUT2D eigenvalue weighted by atomic mass is 9.73. The van der Waals surface area contributed by atoms with E-state index in [1.807, 2.05) is 41.9 Å². The highest BCUT2D eigenvalue weighted by molar-refractivity contribution is 5.81. The number of hydrogen-bond acceptors (Lipinski definition) is 3. The Balaban J connectivity index is 1.94. The molecule has 1 unspecified atom stereocenters. The second-order valence-electron chi connectivity index (χ2n) is 7.75. The highest BCUT2D eigenvalue weighted by atomic mass is 16.4. The Hall–Kier alpha value is -2.63. The van der Waals surface area contributed by atoms with E-state index < -0.39 is 5.97 Å². The van der Waals surface area contributed by atoms with E-state index in [0.29, 0.717) is 0 Å². The number of carboxylic acid groups (broad SMARTS) is 1. The highest BCUT2D eigenvalue weighted by Gasteiger charge is 2.37. The fourth-order valence-electron chi connectivity index (χ4n) is 3.78. The molecule has 1 aromatic carbocycles. The molecule has 0 bridgehead atoms. The Kier molecular flexibility index (Phi) is 4.85. The van der Waals surface area contributed by atoms with Gasteiger partial charge in [-0.05, 0) is 37.3 Å². The molecule has 1 aromatic heterocycles. The highest BCUT2D eigenvalue weighted by Crippen LogP contribution is 2.42. The van der Waals surface area contributed by atoms with E-state index in [0.717, 1.165) is 35.5 Å². The van der Waals surface area contributed by atoms with Crippen LogP contribution in [-0.4, -0.2) is 26.8 Å². The number of hydrogen-bond donors (Lipinski definition) is 2. The van der Waals surface area contributed by atoms with Crippen molar-refractivity contribution in [1.82, 2.24) is 15.1 Å². The minimum atomic E-state index is -0.960. The quantitative estimate of drug-likeness (QED) is 0.863. The minimum absolute atomic E-state index is 0.00648. The first kappa shape index (κ1) is 18.2. The van der Waals surface area contributed by atoms with Crippen LogP contribution in [-0.2, 0) is 16.0 Å². The van der Waals surface area contributed by atoms with Gasteiger partial charge >= 0.3 is 5.97 Å². The summed E-state index contributed by atoms with van der Waals surface area (Å²) >= 11 is 0. The fraction of sp³-hybridized carbons (Fsp3) is 0.450. The largest absolute Gasteiger partial charge is 0.481 e. The maximum atomic E-state index is 12.2. The van der Waals surface area contributed by atoms with Crippen molar-refractivity contribution in [1.29, 1.82) is 0 Å². The third-order valence-electron chi connectivity index (χ3n) is 4.86. The number of carbonyl (C=O) groups excluding carboxylic acids is 1. The summed E-state index contributed by atoms with van der Waals surface area (Å²) in [4.78, 5) is 22.9. The van der Waals surface area contributed by atoms with Crippen molar-refractivity contribution < 1.29 is 14.7 Å². The maximum Gasteiger partial charge on any atom is 0.303 e. The van der Waals surface area contributed by atoms with Crippen LogP contribution < -0.4 is 5.32 Å². The van der Waals surface area contributed by atoms with Crippen LogP contribution in [0.25, 0.3) is 5.69 Å². The van der Waals surface area contributed by atoms with Gasteiger partial charge in [0.15, 0.2) is 0 Å². The number of nitrogens with zero attached hydrogens (tertiary/aromatic N) is 2. The molecule has 26 heavy (non-hydrogen) atoms. The van der Waals surface area contributed by atoms with Gasteiger partial charge in [-0.2, -0.15) is 5.10 Å². The van der Waals surface area contributed by atoms with Crippen LogP contribution in [0.5, 0.6) is 0 Å². The van der Waals surface area contributed by atoms with Crippen LogP contribution in [0.15, 0.2) is 30.3 Å². The summed E-state index contributed by atoms with van der Waals surface area (Å²) in [5.41, 5.74) is 4.11. The van der Waals surface area contributed by atoms with Crippen LogP contribution >= 0.6 is 0 Å². The summed E-state index contributed by atoms with van der Waals surface area (Å²) in [6, 6.07) is 9.84. The molecule has 138 valence electrons. The van der Waals surface area contributed by atoms with E-state index >= 15 is 0 Å². The Morgan fingerprint density at radius 2 is 1.96 bits per heavy atom. The lowest BCUT2D eigenvalue weighted by Gasteiger charge is -2.36. The number of amides is 1. The number of aliphatic carboxylic acids is 1. The van der Waals surface area contributed by atoms with Gasteiger partial charge in [-0.25, -0.2) is 4.68 Å². The first-order chi connectivity index (χ1) is 12.3. The average molecular weight is 355 g/mol. The van der Waals surface area contributed by atoms with Crippen LogP contribution in [0.4, 0.5) is 0 Å². The summed E-state index contributed by atoms with van der Waals surface area (Å²) in [5, 5.41) is 16.6. The first-order valence-electron chi connectivity index (χ1n) is 8.92. The third kappa shape index (κ3) is 3.79. The zero-order valence-electron chi connectivity index (χ0n) is 15.5. The number of aryl methyl sites for hydroxylation is 1. The molecule has 0 aliphatic heterocycles. The van der Waals surface area contributed by atoms with Gasteiger partial charge in [0.2, 0.25) is 5.91 Å². The second-order valence-corrected chi connectivity index (χ2v) is 7.75. The van der Waals surface area contributed by atoms with Gasteiger partial charge in [0.25, 0.3) is 0 Å². The van der Waals surface area contributed by atoms with Gasteiger partial charge < -0.3 is 10.4 Å². The summed E-state index contributed by atoms with van der Waals surface area (Å²) in [5.74, 6) is -1.19. The molecule has 0 spiro atoms. The van der Waals surface area contributed by atoms with E-state index in [2.05, 4.69) is 19.2 Å². The number of aromatic nitrogens is 2. The molecule has 0 saturated carbocycles. The second kappa shape index (κ2) is 6.94. The number of fused-ring (bicyclic) bond motifs is 1. The Morgan fingerprint density at radius 3 is 2.62 bits per heavy atom. The Morgan fingerprint density at radius 1 is 1.27 bits per heavy atom. The van der Waals surface area contributed by atoms with Crippen molar-refractivity contribution in [2.75, 3.05) is 0 Å². The molecule has 2 N–H and O–H groups in total. The van der Waals surface area contributed by atoms with E-state index in [9.17, 15) is 9.59 Å². The average Bonchev–Trinajstić information content (AvgIpc) is 2.89. The molecular formula is C20H25N3O3. The number of benzene rings is 1. The van der Waals surface area contributed by atoms with Crippen molar-refractivity contribution >= 4 is 11.9 Å². The number of carbonyl (C=O) groups is 2. The lowest BCUT2D eigenvalue weighted by Crippen LogP contribution is -2.37. The molecule has 0 fully saturated rings. The molecule has 6 nitrogen and oxygen atoms in total. The summed E-state index contributed by atoms with van der Waals surface area (Å²) in [6.07, 6.45) is 1.52. The molecule has 0 saturated heterocycles. The molecule has 1 amide bonds. The van der Waals surface area contributed by atoms with Gasteiger partial charge in [0, 0.05) is 12.0 Å². The van der Waals surface area contributed by atoms with Crippen molar-refractivity contribution in [3.63, 3.8) is 0 Å². The normalized spacial score (nSPS) is 18.2. The zero-order valence-corrected chi connectivity index (χ0v) is 15.5. The molecule has 3 rings (SSSR count). The molecular weight excluding hydrogens is 330 g/mol. The lowest BCUT2D eigenvalue weighted by molar-refractivity contribution is -0.139. The molecule has 0 radical (unpaired) electrons. The SMILES string of the molecule is Cc1nn(-c2ccccc2)c2c1C(NC(=O)CCC(=O)O)CC(C)(C)C2. The third-order valence-corrected chi connectivity index (χ3v) is 4.86. The topological polar surface area (TPSA) is 84.2 Å². The number of para-hydroxylation sites is 1. The maximum absolute atomic E-state index is 12.2. The summed E-state index contributed by atoms with van der Waals surface area (Å²) in [7, 11) is 0. The van der Waals surface area contributed by atoms with Gasteiger partial charge in [-0.1, -0.05) is 32.0 Å². The first-order valence-corrected chi connectivity index (χ1v) is 8.92. The standard InChI is InChI=1S/C20H25N3O3/c1-13-19-15(21-17(24)9-10-18(25)26)11-20(2,3)12-16(19)23(22-13)14-7-5-4-6-8-14/h4-8,15H,9-12H2,1-3H3,(H,21,24)(H,25,26). The van der Waals surface area contributed by atoms with Crippen LogP contribution in [0.2, 0.25) is 0 Å². The Bertz CT molecular complexity index is 824. The van der Waals surface area contributed by atoms with Crippen LogP contribution in [0, 0.1) is 12.3 Å². The number of rotatable bonds is 5. The van der Waals surface area contributed by atoms with E-state index in [1.54, 1.807) is 0 Å².